The van der Waals surface area contributed by atoms with Crippen LogP contribution in [0.3, 0.4) is 0 Å². The first kappa shape index (κ1) is 19.9. The van der Waals surface area contributed by atoms with Gasteiger partial charge in [-0.3, -0.25) is 4.79 Å². The van der Waals surface area contributed by atoms with Gasteiger partial charge in [-0.15, -0.1) is 0 Å². The molecule has 2 rings (SSSR count). The van der Waals surface area contributed by atoms with Crippen LogP contribution in [0, 0.1) is 5.82 Å². The van der Waals surface area contributed by atoms with Crippen molar-refractivity contribution in [2.24, 2.45) is 0 Å². The molecular formula is C20H26FNO4. The summed E-state index contributed by atoms with van der Waals surface area (Å²) in [5.41, 5.74) is 1.39. The predicted molar refractivity (Wildman–Crippen MR) is 97.1 cm³/mol. The molecule has 0 radical (unpaired) electrons. The molecule has 0 atom stereocenters. The number of carbonyl (C=O) groups excluding carboxylic acids is 2. The van der Waals surface area contributed by atoms with Crippen LogP contribution >= 0.6 is 0 Å². The van der Waals surface area contributed by atoms with Crippen molar-refractivity contribution in [2.75, 3.05) is 19.7 Å². The number of hydrogen-bond donors (Lipinski definition) is 0. The van der Waals surface area contributed by atoms with Crippen molar-refractivity contribution >= 4 is 17.6 Å². The fraction of sp³-hybridized carbons (Fsp3) is 0.500. The molecule has 0 fully saturated rings. The summed E-state index contributed by atoms with van der Waals surface area (Å²) in [4.78, 5) is 25.2. The highest BCUT2D eigenvalue weighted by Gasteiger charge is 2.24. The zero-order valence-electron chi connectivity index (χ0n) is 15.8. The standard InChI is InChI=1S/C20H26FNO4/c1-5-25-18(23)13-14-6-7-16(17(21)12-14)15-8-10-22(11-9-15)19(24)26-20(2,3)4/h6-8,12H,5,9-11,13H2,1-4H3. The van der Waals surface area contributed by atoms with Crippen molar-refractivity contribution < 1.29 is 23.5 Å². The minimum atomic E-state index is -0.540. The Morgan fingerprint density at radius 1 is 1.27 bits per heavy atom. The summed E-state index contributed by atoms with van der Waals surface area (Å²) in [6, 6.07) is 4.78. The van der Waals surface area contributed by atoms with Gasteiger partial charge in [0.15, 0.2) is 0 Å². The summed E-state index contributed by atoms with van der Waals surface area (Å²) in [5, 5.41) is 0. The van der Waals surface area contributed by atoms with Crippen LogP contribution in [-0.4, -0.2) is 42.3 Å². The molecule has 0 saturated carbocycles. The van der Waals surface area contributed by atoms with Crippen LogP contribution in [0.2, 0.25) is 0 Å². The van der Waals surface area contributed by atoms with Crippen LogP contribution in [-0.2, 0) is 20.7 Å². The van der Waals surface area contributed by atoms with E-state index in [1.807, 2.05) is 26.8 Å². The number of carbonyl (C=O) groups is 2. The van der Waals surface area contributed by atoms with E-state index in [1.165, 1.54) is 6.07 Å². The van der Waals surface area contributed by atoms with Crippen molar-refractivity contribution in [1.29, 1.82) is 0 Å². The van der Waals surface area contributed by atoms with Crippen molar-refractivity contribution in [1.82, 2.24) is 4.90 Å². The summed E-state index contributed by atoms with van der Waals surface area (Å²) in [6.45, 7) is 8.37. The average molecular weight is 363 g/mol. The van der Waals surface area contributed by atoms with Crippen LogP contribution in [0.4, 0.5) is 9.18 Å². The summed E-state index contributed by atoms with van der Waals surface area (Å²) in [7, 11) is 0. The van der Waals surface area contributed by atoms with Gasteiger partial charge < -0.3 is 14.4 Å². The van der Waals surface area contributed by atoms with E-state index in [0.29, 0.717) is 37.2 Å². The number of nitrogens with zero attached hydrogens (tertiary/aromatic N) is 1. The lowest BCUT2D eigenvalue weighted by atomic mass is 9.97. The van der Waals surface area contributed by atoms with E-state index < -0.39 is 5.60 Å². The largest absolute Gasteiger partial charge is 0.466 e. The molecule has 0 N–H and O–H groups in total. The Balaban J connectivity index is 2.03. The Kier molecular flexibility index (Phi) is 6.40. The minimum Gasteiger partial charge on any atom is -0.466 e. The Labute approximate surface area is 153 Å². The minimum absolute atomic E-state index is 0.0521. The number of ether oxygens (including phenoxy) is 2. The maximum Gasteiger partial charge on any atom is 0.410 e. The van der Waals surface area contributed by atoms with Gasteiger partial charge in [0.2, 0.25) is 0 Å². The molecule has 0 bridgehead atoms. The van der Waals surface area contributed by atoms with Gasteiger partial charge in [0, 0.05) is 18.7 Å². The molecule has 1 aromatic carbocycles. The van der Waals surface area contributed by atoms with Crippen LogP contribution in [0.15, 0.2) is 24.3 Å². The van der Waals surface area contributed by atoms with Crippen molar-refractivity contribution in [3.8, 4) is 0 Å². The summed E-state index contributed by atoms with van der Waals surface area (Å²) in [5.74, 6) is -0.742. The van der Waals surface area contributed by atoms with Gasteiger partial charge in [0.25, 0.3) is 0 Å². The highest BCUT2D eigenvalue weighted by Crippen LogP contribution is 2.26. The van der Waals surface area contributed by atoms with E-state index in [0.717, 1.165) is 5.57 Å². The monoisotopic (exact) mass is 363 g/mol. The molecule has 1 aliphatic heterocycles. The second kappa shape index (κ2) is 8.34. The average Bonchev–Trinajstić information content (AvgIpc) is 2.54. The molecule has 1 amide bonds. The van der Waals surface area contributed by atoms with Gasteiger partial charge in [0.1, 0.15) is 11.4 Å². The van der Waals surface area contributed by atoms with Gasteiger partial charge in [-0.25, -0.2) is 9.18 Å². The molecule has 1 aromatic rings. The third-order valence-corrected chi connectivity index (χ3v) is 3.89. The van der Waals surface area contributed by atoms with Gasteiger partial charge >= 0.3 is 12.1 Å². The number of halogens is 1. The third-order valence-electron chi connectivity index (χ3n) is 3.89. The number of benzene rings is 1. The summed E-state index contributed by atoms with van der Waals surface area (Å²) >= 11 is 0. The zero-order valence-corrected chi connectivity index (χ0v) is 15.8. The predicted octanol–water partition coefficient (Wildman–Crippen LogP) is 3.96. The normalized spacial score (nSPS) is 14.7. The van der Waals surface area contributed by atoms with E-state index in [2.05, 4.69) is 0 Å². The van der Waals surface area contributed by atoms with Gasteiger partial charge in [-0.05, 0) is 51.3 Å². The topological polar surface area (TPSA) is 55.8 Å². The lowest BCUT2D eigenvalue weighted by Gasteiger charge is -2.29. The summed E-state index contributed by atoms with van der Waals surface area (Å²) < 4.78 is 24.7. The molecular weight excluding hydrogens is 337 g/mol. The smallest absolute Gasteiger partial charge is 0.410 e. The first-order valence-corrected chi connectivity index (χ1v) is 8.81. The van der Waals surface area contributed by atoms with Gasteiger partial charge in [-0.2, -0.15) is 0 Å². The second-order valence-electron chi connectivity index (χ2n) is 7.20. The molecule has 0 unspecified atom stereocenters. The molecule has 1 heterocycles. The summed E-state index contributed by atoms with van der Waals surface area (Å²) in [6.07, 6.45) is 2.08. The zero-order chi connectivity index (χ0) is 19.3. The number of esters is 1. The number of hydrogen-bond acceptors (Lipinski definition) is 4. The van der Waals surface area contributed by atoms with Crippen LogP contribution in [0.5, 0.6) is 0 Å². The maximum absolute atomic E-state index is 14.5. The number of amides is 1. The lowest BCUT2D eigenvalue weighted by Crippen LogP contribution is -2.39. The van der Waals surface area contributed by atoms with Crippen molar-refractivity contribution in [3.63, 3.8) is 0 Å². The molecule has 0 saturated heterocycles. The molecule has 0 aromatic heterocycles. The Hall–Kier alpha value is -2.37. The molecule has 26 heavy (non-hydrogen) atoms. The highest BCUT2D eigenvalue weighted by molar-refractivity contribution is 5.74. The van der Waals surface area contributed by atoms with Crippen molar-refractivity contribution in [3.05, 3.63) is 41.2 Å². The van der Waals surface area contributed by atoms with Gasteiger partial charge in [0.05, 0.1) is 13.0 Å². The van der Waals surface area contributed by atoms with Gasteiger partial charge in [-0.1, -0.05) is 18.2 Å². The molecule has 5 nitrogen and oxygen atoms in total. The van der Waals surface area contributed by atoms with E-state index in [9.17, 15) is 14.0 Å². The molecule has 6 heteroatoms. The first-order valence-electron chi connectivity index (χ1n) is 8.81. The van der Waals surface area contributed by atoms with Crippen LogP contribution in [0.1, 0.15) is 45.2 Å². The fourth-order valence-electron chi connectivity index (χ4n) is 2.71. The van der Waals surface area contributed by atoms with Crippen LogP contribution in [0.25, 0.3) is 5.57 Å². The molecule has 0 spiro atoms. The SMILES string of the molecule is CCOC(=O)Cc1ccc(C2=CCN(C(=O)OC(C)(C)C)CC2)c(F)c1. The molecule has 0 aliphatic carbocycles. The first-order chi connectivity index (χ1) is 12.2. The van der Waals surface area contributed by atoms with E-state index in [1.54, 1.807) is 24.0 Å². The van der Waals surface area contributed by atoms with E-state index in [-0.39, 0.29) is 24.3 Å². The van der Waals surface area contributed by atoms with E-state index >= 15 is 0 Å². The van der Waals surface area contributed by atoms with Crippen molar-refractivity contribution in [2.45, 2.75) is 46.1 Å². The van der Waals surface area contributed by atoms with Crippen LogP contribution < -0.4 is 0 Å². The quantitative estimate of drug-likeness (QED) is 0.760. The lowest BCUT2D eigenvalue weighted by molar-refractivity contribution is -0.142. The Bertz CT molecular complexity index is 706. The van der Waals surface area contributed by atoms with E-state index in [4.69, 9.17) is 9.47 Å². The third kappa shape index (κ3) is 5.58. The fourth-order valence-corrected chi connectivity index (χ4v) is 2.71. The molecule has 142 valence electrons. The molecule has 1 aliphatic rings. The Morgan fingerprint density at radius 2 is 2.00 bits per heavy atom. The second-order valence-corrected chi connectivity index (χ2v) is 7.20. The Morgan fingerprint density at radius 3 is 2.54 bits per heavy atom. The maximum atomic E-state index is 14.5. The highest BCUT2D eigenvalue weighted by atomic mass is 19.1. The number of rotatable bonds is 4.